The molecule has 84 heavy (non-hydrogen) atoms. The van der Waals surface area contributed by atoms with Crippen LogP contribution in [0.25, 0.3) is 0 Å². The number of amides is 2. The van der Waals surface area contributed by atoms with Crippen molar-refractivity contribution in [1.29, 1.82) is 0 Å². The number of fused-ring (bicyclic) bond motifs is 1. The number of ether oxygens (including phenoxy) is 1. The third kappa shape index (κ3) is 11.2. The number of benzene rings is 8. The fourth-order valence-corrected chi connectivity index (χ4v) is 13.4. The minimum absolute atomic E-state index is 0.0993. The number of carbonyl (C=O) groups excluding carboxylic acids is 3. The Kier molecular flexibility index (Phi) is 16.5. The average Bonchev–Trinajstić information content (AvgIpc) is 2.37. The summed E-state index contributed by atoms with van der Waals surface area (Å²) in [5.41, 5.74) is 5.07. The topological polar surface area (TPSA) is 135 Å². The molecule has 0 saturated carbocycles. The van der Waals surface area contributed by atoms with Crippen molar-refractivity contribution in [3.63, 3.8) is 0 Å². The third-order valence-electron chi connectivity index (χ3n) is 14.7. The number of aromatic nitrogens is 2. The third-order valence-corrected chi connectivity index (χ3v) is 17.6. The van der Waals surface area contributed by atoms with Gasteiger partial charge in [-0.25, -0.2) is 9.78 Å². The number of anilines is 1. The van der Waals surface area contributed by atoms with Crippen LogP contribution < -0.4 is 10.6 Å². The maximum atomic E-state index is 15.6. The first-order valence-electron chi connectivity index (χ1n) is 27.3. The summed E-state index contributed by atoms with van der Waals surface area (Å²) in [7, 11) is 0. The van der Waals surface area contributed by atoms with Gasteiger partial charge in [-0.15, -0.1) is 23.1 Å². The lowest BCUT2D eigenvalue weighted by molar-refractivity contribution is -0.154. The summed E-state index contributed by atoms with van der Waals surface area (Å²) in [5.74, 6) is -1.57. The van der Waals surface area contributed by atoms with Gasteiger partial charge in [0.05, 0.1) is 0 Å². The molecule has 2 aliphatic heterocycles. The van der Waals surface area contributed by atoms with Gasteiger partial charge in [-0.3, -0.25) is 19.5 Å². The summed E-state index contributed by atoms with van der Waals surface area (Å²) in [6.45, 7) is 0. The van der Waals surface area contributed by atoms with Crippen LogP contribution >= 0.6 is 34.9 Å². The molecule has 2 aliphatic rings. The highest BCUT2D eigenvalue weighted by atomic mass is 32.2. The lowest BCUT2D eigenvalue weighted by Crippen LogP contribution is -2.71. The van der Waals surface area contributed by atoms with Crippen molar-refractivity contribution in [3.05, 3.63) is 346 Å². The number of thiazole rings is 1. The summed E-state index contributed by atoms with van der Waals surface area (Å²) in [6, 6.07) is 81.5. The van der Waals surface area contributed by atoms with Gasteiger partial charge in [0.2, 0.25) is 5.60 Å². The van der Waals surface area contributed by atoms with E-state index in [-0.39, 0.29) is 17.1 Å². The van der Waals surface area contributed by atoms with Crippen LogP contribution in [-0.4, -0.2) is 55.5 Å². The van der Waals surface area contributed by atoms with Crippen molar-refractivity contribution in [2.75, 3.05) is 11.1 Å². The van der Waals surface area contributed by atoms with Gasteiger partial charge in [0.25, 0.3) is 11.8 Å². The zero-order chi connectivity index (χ0) is 57.1. The summed E-state index contributed by atoms with van der Waals surface area (Å²) >= 11 is 4.20. The highest BCUT2D eigenvalue weighted by molar-refractivity contribution is 8.02. The normalized spacial score (nSPS) is 15.3. The molecule has 1 fully saturated rings. The van der Waals surface area contributed by atoms with Gasteiger partial charge >= 0.3 is 5.97 Å². The number of pyridine rings is 1. The minimum Gasteiger partial charge on any atom is -0.448 e. The maximum Gasteiger partial charge on any atom is 0.356 e. The highest BCUT2D eigenvalue weighted by Gasteiger charge is 2.55. The van der Waals surface area contributed by atoms with Crippen LogP contribution in [-0.2, 0) is 35.1 Å². The summed E-state index contributed by atoms with van der Waals surface area (Å²) in [6.07, 6.45) is 4.49. The molecule has 11 nitrogen and oxygen atoms in total. The fourth-order valence-electron chi connectivity index (χ4n) is 10.7. The lowest BCUT2D eigenvalue weighted by Gasteiger charge is -2.49. The van der Waals surface area contributed by atoms with Crippen LogP contribution in [0.5, 0.6) is 0 Å². The van der Waals surface area contributed by atoms with E-state index in [0.717, 1.165) is 49.4 Å². The van der Waals surface area contributed by atoms with Crippen molar-refractivity contribution in [2.24, 2.45) is 5.16 Å². The highest BCUT2D eigenvalue weighted by Crippen LogP contribution is 2.45. The van der Waals surface area contributed by atoms with E-state index < -0.39 is 46.4 Å². The number of rotatable bonds is 20. The van der Waals surface area contributed by atoms with E-state index >= 15 is 9.59 Å². The number of allylic oxidation sites excluding steroid dienone is 1. The van der Waals surface area contributed by atoms with Gasteiger partial charge in [0.15, 0.2) is 16.9 Å². The quantitative estimate of drug-likeness (QED) is 0.0190. The second-order valence-electron chi connectivity index (χ2n) is 19.8. The van der Waals surface area contributed by atoms with E-state index in [0.29, 0.717) is 16.5 Å². The molecule has 2 atom stereocenters. The zero-order valence-electron chi connectivity index (χ0n) is 45.1. The van der Waals surface area contributed by atoms with Crippen LogP contribution in [0, 0.1) is 0 Å². The summed E-state index contributed by atoms with van der Waals surface area (Å²) in [4.78, 5) is 64.4. The Hall–Kier alpha value is -9.60. The summed E-state index contributed by atoms with van der Waals surface area (Å²) < 4.78 is 6.48. The summed E-state index contributed by atoms with van der Waals surface area (Å²) in [5, 5.41) is 15.3. The fraction of sp³-hybridized carbons (Fsp3) is 0.0857. The first kappa shape index (κ1) is 55.0. The van der Waals surface area contributed by atoms with E-state index in [2.05, 4.69) is 52.0 Å². The van der Waals surface area contributed by atoms with Crippen molar-refractivity contribution < 1.29 is 24.0 Å². The smallest absolute Gasteiger partial charge is 0.356 e. The molecule has 1 unspecified atom stereocenters. The van der Waals surface area contributed by atoms with Crippen molar-refractivity contribution >= 4 is 63.5 Å². The number of esters is 1. The molecule has 14 heteroatoms. The van der Waals surface area contributed by atoms with Gasteiger partial charge in [-0.1, -0.05) is 260 Å². The van der Waals surface area contributed by atoms with Crippen molar-refractivity contribution in [2.45, 2.75) is 33.6 Å². The molecule has 12 rings (SSSR count). The van der Waals surface area contributed by atoms with Crippen molar-refractivity contribution in [1.82, 2.24) is 20.2 Å². The number of oxime groups is 1. The molecule has 0 spiro atoms. The Labute approximate surface area is 499 Å². The van der Waals surface area contributed by atoms with Gasteiger partial charge < -0.3 is 20.2 Å². The Morgan fingerprint density at radius 1 is 0.619 bits per heavy atom. The number of nitrogens with zero attached hydrogens (tertiary/aromatic N) is 4. The molecule has 0 bridgehead atoms. The standard InChI is InChI=1S/C70H54N6O5S3/c77-64(73-61-65(78)76-62(51(47-83-66(61)76)43-46-82-58-41-44-71-45-42-58)67(79)80-63(49-25-9-1-10-26-49)50-27-11-2-12-28-50)60(75-81-70(55-35-19-6-20-36-55,56-37-21-7-22-38-56)57-39-23-8-24-40-57)59-48-84-68(72-59)74-69(52-29-13-3-14-30-52,53-31-15-4-16-32-53)54-33-17-5-18-34-54/h1-46,48,61,63,66H,47H2,(H,72,74)(H,73,77)/t61?,66-/m0/s1. The van der Waals surface area contributed by atoms with E-state index in [1.54, 1.807) is 17.8 Å². The lowest BCUT2D eigenvalue weighted by atomic mass is 9.77. The van der Waals surface area contributed by atoms with Gasteiger partial charge in [-0.2, -0.15) is 0 Å². The molecule has 412 valence electrons. The molecule has 10 aromatic rings. The van der Waals surface area contributed by atoms with E-state index in [1.165, 1.54) is 39.8 Å². The minimum atomic E-state index is -1.38. The Morgan fingerprint density at radius 2 is 1.07 bits per heavy atom. The molecule has 2 N–H and O–H groups in total. The van der Waals surface area contributed by atoms with Crippen LogP contribution in [0.4, 0.5) is 5.13 Å². The van der Waals surface area contributed by atoms with Crippen LogP contribution in [0.3, 0.4) is 0 Å². The van der Waals surface area contributed by atoms with E-state index in [4.69, 9.17) is 19.7 Å². The molecule has 2 amide bonds. The van der Waals surface area contributed by atoms with E-state index in [9.17, 15) is 4.79 Å². The second-order valence-corrected chi connectivity index (χ2v) is 22.7. The van der Waals surface area contributed by atoms with Gasteiger partial charge in [-0.05, 0) is 57.0 Å². The number of hydrogen-bond acceptors (Lipinski definition) is 12. The van der Waals surface area contributed by atoms with Crippen LogP contribution in [0.2, 0.25) is 0 Å². The maximum absolute atomic E-state index is 15.6. The molecular formula is C70H54N6O5S3. The van der Waals surface area contributed by atoms with Crippen molar-refractivity contribution in [3.8, 4) is 0 Å². The number of carbonyl (C=O) groups is 3. The molecule has 4 heterocycles. The Bertz CT molecular complexity index is 3730. The molecule has 8 aromatic carbocycles. The predicted octanol–water partition coefficient (Wildman–Crippen LogP) is 13.9. The second kappa shape index (κ2) is 25.3. The molecule has 0 radical (unpaired) electrons. The number of thioether (sulfide) groups is 2. The molecular weight excluding hydrogens is 1100 g/mol. The molecule has 1 saturated heterocycles. The largest absolute Gasteiger partial charge is 0.448 e. The van der Waals surface area contributed by atoms with E-state index in [1.807, 2.05) is 230 Å². The van der Waals surface area contributed by atoms with Gasteiger partial charge in [0, 0.05) is 45.1 Å². The molecule has 2 aromatic heterocycles. The monoisotopic (exact) mass is 1150 g/mol. The SMILES string of the molecule is O=C(NC1C(=O)N2C(C(=O)OC(c3ccccc3)c3ccccc3)=C(C=CSc3ccncc3)CS[C@@H]12)C(=NOC(c1ccccc1)(c1ccccc1)c1ccccc1)c1csc(NC(c2ccccc2)(c2ccccc2)c2ccccc2)n1. The molecule has 0 aliphatic carbocycles. The Balaban J connectivity index is 0.934. The average molecular weight is 1160 g/mol. The number of hydrogen-bond donors (Lipinski definition) is 2. The number of nitrogens with one attached hydrogen (secondary N) is 2. The van der Waals surface area contributed by atoms with Crippen LogP contribution in [0.15, 0.2) is 305 Å². The van der Waals surface area contributed by atoms with Crippen LogP contribution in [0.1, 0.15) is 56.3 Å². The first-order chi connectivity index (χ1) is 41.4. The Morgan fingerprint density at radius 3 is 1.55 bits per heavy atom. The number of β-lactam (4-membered cyclic amide) rings is 1. The van der Waals surface area contributed by atoms with Gasteiger partial charge in [0.1, 0.15) is 28.3 Å². The zero-order valence-corrected chi connectivity index (χ0v) is 47.6. The first-order valence-corrected chi connectivity index (χ1v) is 30.1. The predicted molar refractivity (Wildman–Crippen MR) is 334 cm³/mol.